The highest BCUT2D eigenvalue weighted by Gasteiger charge is 2.44. The standard InChI is InChI=1S/C8H15N3O2/c1-3-10(4-2)8(13)11-5-6(11)7(9)12/h6H,3-5H2,1-2H3,(H2,9,12). The van der Waals surface area contributed by atoms with E-state index in [2.05, 4.69) is 0 Å². The van der Waals surface area contributed by atoms with E-state index in [0.717, 1.165) is 0 Å². The molecular formula is C8H15N3O2. The SMILES string of the molecule is CCN(CC)C(=O)N1CC1C(N)=O. The zero-order chi connectivity index (χ0) is 10.0. The van der Waals surface area contributed by atoms with Crippen LogP contribution in [0, 0.1) is 0 Å². The molecule has 1 fully saturated rings. The molecule has 74 valence electrons. The lowest BCUT2D eigenvalue weighted by Gasteiger charge is -2.19. The fourth-order valence-electron chi connectivity index (χ4n) is 1.27. The van der Waals surface area contributed by atoms with Crippen molar-refractivity contribution in [2.24, 2.45) is 5.73 Å². The number of hydrogen-bond acceptors (Lipinski definition) is 2. The first-order chi connectivity index (χ1) is 6.11. The number of primary amides is 1. The second kappa shape index (κ2) is 3.64. The monoisotopic (exact) mass is 185 g/mol. The van der Waals surface area contributed by atoms with Gasteiger partial charge in [0.1, 0.15) is 6.04 Å². The Bertz CT molecular complexity index is 225. The van der Waals surface area contributed by atoms with E-state index in [1.807, 2.05) is 13.8 Å². The lowest BCUT2D eigenvalue weighted by atomic mass is 10.4. The van der Waals surface area contributed by atoms with Crippen LogP contribution in [0.15, 0.2) is 0 Å². The summed E-state index contributed by atoms with van der Waals surface area (Å²) in [5, 5.41) is 0. The lowest BCUT2D eigenvalue weighted by Crippen LogP contribution is -2.36. The van der Waals surface area contributed by atoms with E-state index in [-0.39, 0.29) is 12.1 Å². The molecule has 5 nitrogen and oxygen atoms in total. The number of urea groups is 1. The molecule has 0 aromatic rings. The van der Waals surface area contributed by atoms with Crippen LogP contribution in [0.3, 0.4) is 0 Å². The number of amides is 3. The number of rotatable bonds is 3. The molecule has 5 heteroatoms. The molecule has 0 aliphatic carbocycles. The van der Waals surface area contributed by atoms with Gasteiger partial charge in [0.05, 0.1) is 6.54 Å². The van der Waals surface area contributed by atoms with Gasteiger partial charge in [-0.1, -0.05) is 0 Å². The minimum absolute atomic E-state index is 0.0891. The molecule has 1 rings (SSSR count). The molecule has 1 aliphatic rings. The van der Waals surface area contributed by atoms with Crippen molar-refractivity contribution in [3.63, 3.8) is 0 Å². The molecule has 2 N–H and O–H groups in total. The Balaban J connectivity index is 2.46. The first-order valence-corrected chi connectivity index (χ1v) is 4.46. The summed E-state index contributed by atoms with van der Waals surface area (Å²) in [5.41, 5.74) is 5.06. The molecule has 1 unspecified atom stereocenters. The Morgan fingerprint density at radius 3 is 2.31 bits per heavy atom. The van der Waals surface area contributed by atoms with Gasteiger partial charge < -0.3 is 15.5 Å². The second-order valence-electron chi connectivity index (χ2n) is 3.03. The maximum absolute atomic E-state index is 11.5. The van der Waals surface area contributed by atoms with Gasteiger partial charge in [0.15, 0.2) is 0 Å². The Morgan fingerprint density at radius 2 is 2.00 bits per heavy atom. The van der Waals surface area contributed by atoms with Crippen LogP contribution in [-0.4, -0.2) is 47.4 Å². The maximum Gasteiger partial charge on any atom is 0.320 e. The van der Waals surface area contributed by atoms with Gasteiger partial charge in [-0.25, -0.2) is 4.79 Å². The Hall–Kier alpha value is -1.26. The van der Waals surface area contributed by atoms with Crippen LogP contribution in [0.25, 0.3) is 0 Å². The van der Waals surface area contributed by atoms with Crippen LogP contribution < -0.4 is 5.73 Å². The molecular weight excluding hydrogens is 170 g/mol. The highest BCUT2D eigenvalue weighted by atomic mass is 16.2. The van der Waals surface area contributed by atoms with Gasteiger partial charge in [-0.2, -0.15) is 0 Å². The van der Waals surface area contributed by atoms with Crippen molar-refractivity contribution in [3.05, 3.63) is 0 Å². The summed E-state index contributed by atoms with van der Waals surface area (Å²) >= 11 is 0. The zero-order valence-electron chi connectivity index (χ0n) is 7.99. The van der Waals surface area contributed by atoms with E-state index < -0.39 is 5.91 Å². The summed E-state index contributed by atoms with van der Waals surface area (Å²) in [6.45, 7) is 5.62. The van der Waals surface area contributed by atoms with Crippen LogP contribution in [-0.2, 0) is 4.79 Å². The summed E-state index contributed by atoms with van der Waals surface area (Å²) in [4.78, 5) is 25.4. The Labute approximate surface area is 77.5 Å². The highest BCUT2D eigenvalue weighted by molar-refractivity contribution is 5.91. The number of hydrogen-bond donors (Lipinski definition) is 1. The summed E-state index contributed by atoms with van der Waals surface area (Å²) in [5.74, 6) is -0.416. The van der Waals surface area contributed by atoms with Crippen LogP contribution in [0.2, 0.25) is 0 Å². The predicted octanol–water partition coefficient (Wildman–Crippen LogP) is -0.382. The van der Waals surface area contributed by atoms with Crippen molar-refractivity contribution in [3.8, 4) is 0 Å². The van der Waals surface area contributed by atoms with Gasteiger partial charge in [-0.05, 0) is 13.8 Å². The second-order valence-corrected chi connectivity index (χ2v) is 3.03. The molecule has 0 radical (unpaired) electrons. The third kappa shape index (κ3) is 1.91. The number of carbonyl (C=O) groups excluding carboxylic acids is 2. The van der Waals surface area contributed by atoms with Crippen LogP contribution in [0.1, 0.15) is 13.8 Å². The molecule has 1 heterocycles. The molecule has 3 amide bonds. The average molecular weight is 185 g/mol. The molecule has 0 aromatic heterocycles. The lowest BCUT2D eigenvalue weighted by molar-refractivity contribution is -0.118. The third-order valence-electron chi connectivity index (χ3n) is 2.22. The zero-order valence-corrected chi connectivity index (χ0v) is 7.99. The van der Waals surface area contributed by atoms with Gasteiger partial charge in [0.25, 0.3) is 0 Å². The Morgan fingerprint density at radius 1 is 1.46 bits per heavy atom. The van der Waals surface area contributed by atoms with Gasteiger partial charge >= 0.3 is 6.03 Å². The molecule has 0 bridgehead atoms. The van der Waals surface area contributed by atoms with Crippen molar-refractivity contribution in [2.45, 2.75) is 19.9 Å². The fourth-order valence-corrected chi connectivity index (χ4v) is 1.27. The molecule has 1 atom stereocenters. The number of nitrogens with two attached hydrogens (primary N) is 1. The predicted molar refractivity (Wildman–Crippen MR) is 48.0 cm³/mol. The summed E-state index contributed by atoms with van der Waals surface area (Å²) in [7, 11) is 0. The van der Waals surface area contributed by atoms with E-state index in [4.69, 9.17) is 5.73 Å². The molecule has 0 aromatic carbocycles. The first-order valence-electron chi connectivity index (χ1n) is 4.46. The van der Waals surface area contributed by atoms with Crippen molar-refractivity contribution < 1.29 is 9.59 Å². The van der Waals surface area contributed by atoms with Crippen molar-refractivity contribution in [1.82, 2.24) is 9.80 Å². The number of nitrogens with zero attached hydrogens (tertiary/aromatic N) is 2. The topological polar surface area (TPSA) is 66.4 Å². The van der Waals surface area contributed by atoms with Gasteiger partial charge in [0.2, 0.25) is 5.91 Å². The molecule has 1 aliphatic heterocycles. The Kier molecular flexibility index (Phi) is 2.75. The normalized spacial score (nSPS) is 19.8. The molecule has 0 spiro atoms. The van der Waals surface area contributed by atoms with E-state index in [1.165, 1.54) is 4.90 Å². The quantitative estimate of drug-likeness (QED) is 0.609. The number of carbonyl (C=O) groups is 2. The van der Waals surface area contributed by atoms with Gasteiger partial charge in [0, 0.05) is 13.1 Å². The molecule has 13 heavy (non-hydrogen) atoms. The summed E-state index contributed by atoms with van der Waals surface area (Å²) in [6, 6.07) is -0.457. The van der Waals surface area contributed by atoms with Crippen molar-refractivity contribution in [1.29, 1.82) is 0 Å². The largest absolute Gasteiger partial charge is 0.368 e. The average Bonchev–Trinajstić information content (AvgIpc) is 2.84. The van der Waals surface area contributed by atoms with E-state index in [0.29, 0.717) is 19.6 Å². The fraction of sp³-hybridized carbons (Fsp3) is 0.750. The minimum atomic E-state index is -0.416. The maximum atomic E-state index is 11.5. The highest BCUT2D eigenvalue weighted by Crippen LogP contribution is 2.18. The van der Waals surface area contributed by atoms with Crippen molar-refractivity contribution >= 4 is 11.9 Å². The van der Waals surface area contributed by atoms with Crippen LogP contribution >= 0.6 is 0 Å². The van der Waals surface area contributed by atoms with Gasteiger partial charge in [-0.3, -0.25) is 4.79 Å². The van der Waals surface area contributed by atoms with E-state index >= 15 is 0 Å². The smallest absolute Gasteiger partial charge is 0.320 e. The van der Waals surface area contributed by atoms with Crippen LogP contribution in [0.4, 0.5) is 4.79 Å². The summed E-state index contributed by atoms with van der Waals surface area (Å²) in [6.07, 6.45) is 0. The van der Waals surface area contributed by atoms with E-state index in [9.17, 15) is 9.59 Å². The summed E-state index contributed by atoms with van der Waals surface area (Å²) < 4.78 is 0. The van der Waals surface area contributed by atoms with Crippen molar-refractivity contribution in [2.75, 3.05) is 19.6 Å². The molecule has 0 saturated carbocycles. The minimum Gasteiger partial charge on any atom is -0.368 e. The van der Waals surface area contributed by atoms with Gasteiger partial charge in [-0.15, -0.1) is 0 Å². The first kappa shape index (κ1) is 9.83. The van der Waals surface area contributed by atoms with Crippen LogP contribution in [0.5, 0.6) is 0 Å². The molecule has 1 saturated heterocycles. The third-order valence-corrected chi connectivity index (χ3v) is 2.22. The van der Waals surface area contributed by atoms with E-state index in [1.54, 1.807) is 4.90 Å².